The van der Waals surface area contributed by atoms with Crippen LogP contribution in [0.5, 0.6) is 0 Å². The SMILES string of the molecule is O=C(c1ccc(-n2cc[nH]c2=S)cc1)N(Cc1cccc(Br)c1)C1CC1. The fourth-order valence-electron chi connectivity index (χ4n) is 3.04. The first-order chi connectivity index (χ1) is 12.6. The third-order valence-electron chi connectivity index (χ3n) is 4.53. The standard InChI is InChI=1S/C20H18BrN3OS/c21-16-3-1-2-14(12-16)13-24(18-8-9-18)19(25)15-4-6-17(7-5-15)23-11-10-22-20(23)26/h1-7,10-12,18H,8-9,13H2,(H,22,26). The van der Waals surface area contributed by atoms with Crippen LogP contribution in [0.1, 0.15) is 28.8 Å². The Balaban J connectivity index is 1.56. The number of halogens is 1. The zero-order chi connectivity index (χ0) is 18.1. The average molecular weight is 428 g/mol. The second-order valence-corrected chi connectivity index (χ2v) is 7.78. The summed E-state index contributed by atoms with van der Waals surface area (Å²) in [6.45, 7) is 0.633. The number of aromatic nitrogens is 2. The maximum Gasteiger partial charge on any atom is 0.254 e. The van der Waals surface area contributed by atoms with E-state index >= 15 is 0 Å². The van der Waals surface area contributed by atoms with Crippen LogP contribution in [0.15, 0.2) is 65.4 Å². The monoisotopic (exact) mass is 427 g/mol. The van der Waals surface area contributed by atoms with Crippen molar-refractivity contribution in [1.82, 2.24) is 14.5 Å². The summed E-state index contributed by atoms with van der Waals surface area (Å²) in [5.41, 5.74) is 2.78. The van der Waals surface area contributed by atoms with Crippen LogP contribution in [0.3, 0.4) is 0 Å². The van der Waals surface area contributed by atoms with Gasteiger partial charge in [0, 0.05) is 40.7 Å². The van der Waals surface area contributed by atoms with E-state index in [0.717, 1.165) is 28.6 Å². The number of hydrogen-bond donors (Lipinski definition) is 1. The molecule has 3 aromatic rings. The highest BCUT2D eigenvalue weighted by Gasteiger charge is 2.33. The zero-order valence-corrected chi connectivity index (χ0v) is 16.5. The molecule has 1 N–H and O–H groups in total. The molecule has 2 aromatic carbocycles. The van der Waals surface area contributed by atoms with Gasteiger partial charge in [-0.2, -0.15) is 0 Å². The van der Waals surface area contributed by atoms with Crippen LogP contribution in [0.4, 0.5) is 0 Å². The van der Waals surface area contributed by atoms with Crippen LogP contribution >= 0.6 is 28.1 Å². The van der Waals surface area contributed by atoms with E-state index in [9.17, 15) is 4.79 Å². The van der Waals surface area contributed by atoms with E-state index < -0.39 is 0 Å². The van der Waals surface area contributed by atoms with Gasteiger partial charge in [0.25, 0.3) is 5.91 Å². The van der Waals surface area contributed by atoms with Crippen molar-refractivity contribution in [2.24, 2.45) is 0 Å². The summed E-state index contributed by atoms with van der Waals surface area (Å²) in [6, 6.07) is 16.1. The van der Waals surface area contributed by atoms with E-state index in [4.69, 9.17) is 12.2 Å². The molecule has 1 aliphatic rings. The molecule has 0 spiro atoms. The van der Waals surface area contributed by atoms with Crippen LogP contribution < -0.4 is 0 Å². The van der Waals surface area contributed by atoms with Gasteiger partial charge in [0.05, 0.1) is 0 Å². The third-order valence-corrected chi connectivity index (χ3v) is 5.34. The van der Waals surface area contributed by atoms with Crippen LogP contribution in [0.2, 0.25) is 0 Å². The van der Waals surface area contributed by atoms with E-state index in [0.29, 0.717) is 22.9 Å². The lowest BCUT2D eigenvalue weighted by Crippen LogP contribution is -2.32. The molecule has 0 bridgehead atoms. The molecule has 0 saturated heterocycles. The number of imidazole rings is 1. The lowest BCUT2D eigenvalue weighted by Gasteiger charge is -2.23. The van der Waals surface area contributed by atoms with Crippen LogP contribution in [0.25, 0.3) is 5.69 Å². The minimum atomic E-state index is 0.0803. The highest BCUT2D eigenvalue weighted by molar-refractivity contribution is 9.10. The van der Waals surface area contributed by atoms with E-state index in [2.05, 4.69) is 33.0 Å². The number of amides is 1. The van der Waals surface area contributed by atoms with E-state index in [-0.39, 0.29) is 5.91 Å². The largest absolute Gasteiger partial charge is 0.337 e. The van der Waals surface area contributed by atoms with Gasteiger partial charge in [-0.3, -0.25) is 9.36 Å². The normalized spacial score (nSPS) is 13.6. The molecule has 1 aliphatic carbocycles. The fourth-order valence-corrected chi connectivity index (χ4v) is 3.72. The van der Waals surface area contributed by atoms with Crippen LogP contribution in [-0.4, -0.2) is 26.4 Å². The zero-order valence-electron chi connectivity index (χ0n) is 14.1. The number of nitrogens with one attached hydrogen (secondary N) is 1. The molecule has 0 atom stereocenters. The Bertz CT molecular complexity index is 989. The van der Waals surface area contributed by atoms with Crippen LogP contribution in [0, 0.1) is 4.77 Å². The number of H-pyrrole nitrogens is 1. The smallest absolute Gasteiger partial charge is 0.254 e. The highest BCUT2D eigenvalue weighted by Crippen LogP contribution is 2.30. The molecular formula is C20H18BrN3OS. The van der Waals surface area contributed by atoms with E-state index in [1.807, 2.05) is 52.1 Å². The van der Waals surface area contributed by atoms with Gasteiger partial charge < -0.3 is 9.88 Å². The molecule has 26 heavy (non-hydrogen) atoms. The summed E-state index contributed by atoms with van der Waals surface area (Å²) in [6.07, 6.45) is 5.84. The maximum atomic E-state index is 13.1. The topological polar surface area (TPSA) is 41.0 Å². The Kier molecular flexibility index (Phi) is 4.78. The van der Waals surface area contributed by atoms with Gasteiger partial charge in [0.15, 0.2) is 4.77 Å². The van der Waals surface area contributed by atoms with Crippen molar-refractivity contribution in [3.63, 3.8) is 0 Å². The summed E-state index contributed by atoms with van der Waals surface area (Å²) in [7, 11) is 0. The minimum absolute atomic E-state index is 0.0803. The third kappa shape index (κ3) is 3.66. The number of carbonyl (C=O) groups is 1. The van der Waals surface area contributed by atoms with Crippen molar-refractivity contribution in [2.75, 3.05) is 0 Å². The molecule has 6 heteroatoms. The Labute approximate surface area is 165 Å². The van der Waals surface area contributed by atoms with Gasteiger partial charge in [-0.25, -0.2) is 0 Å². The van der Waals surface area contributed by atoms with Gasteiger partial charge in [-0.05, 0) is 67.0 Å². The van der Waals surface area contributed by atoms with Crippen molar-refractivity contribution in [1.29, 1.82) is 0 Å². The number of rotatable bonds is 5. The number of nitrogens with zero attached hydrogens (tertiary/aromatic N) is 2. The van der Waals surface area contributed by atoms with Crippen molar-refractivity contribution < 1.29 is 4.79 Å². The molecule has 1 saturated carbocycles. The van der Waals surface area contributed by atoms with Crippen molar-refractivity contribution in [3.8, 4) is 5.69 Å². The molecule has 4 nitrogen and oxygen atoms in total. The number of carbonyl (C=O) groups excluding carboxylic acids is 1. The predicted octanol–water partition coefficient (Wildman–Crippen LogP) is 5.10. The van der Waals surface area contributed by atoms with Gasteiger partial charge in [-0.15, -0.1) is 0 Å². The van der Waals surface area contributed by atoms with Gasteiger partial charge >= 0.3 is 0 Å². The van der Waals surface area contributed by atoms with Crippen molar-refractivity contribution >= 4 is 34.1 Å². The molecule has 1 heterocycles. The number of benzene rings is 2. The summed E-state index contributed by atoms with van der Waals surface area (Å²) in [5, 5.41) is 0. The second-order valence-electron chi connectivity index (χ2n) is 6.48. The fraction of sp³-hybridized carbons (Fsp3) is 0.200. The molecule has 1 amide bonds. The molecule has 1 aromatic heterocycles. The van der Waals surface area contributed by atoms with Crippen molar-refractivity contribution in [3.05, 3.63) is 81.3 Å². The molecule has 1 fully saturated rings. The Hall–Kier alpha value is -2.18. The number of hydrogen-bond acceptors (Lipinski definition) is 2. The molecular weight excluding hydrogens is 410 g/mol. The molecule has 0 unspecified atom stereocenters. The van der Waals surface area contributed by atoms with Crippen molar-refractivity contribution in [2.45, 2.75) is 25.4 Å². The first-order valence-corrected chi connectivity index (χ1v) is 9.74. The molecule has 4 rings (SSSR count). The molecule has 0 radical (unpaired) electrons. The first-order valence-electron chi connectivity index (χ1n) is 8.54. The summed E-state index contributed by atoms with van der Waals surface area (Å²) < 4.78 is 3.55. The minimum Gasteiger partial charge on any atom is -0.337 e. The van der Waals surface area contributed by atoms with Gasteiger partial charge in [0.1, 0.15) is 0 Å². The molecule has 0 aliphatic heterocycles. The lowest BCUT2D eigenvalue weighted by atomic mass is 10.1. The maximum absolute atomic E-state index is 13.1. The Morgan fingerprint density at radius 2 is 2.00 bits per heavy atom. The highest BCUT2D eigenvalue weighted by atomic mass is 79.9. The molecule has 132 valence electrons. The van der Waals surface area contributed by atoms with Gasteiger partial charge in [0.2, 0.25) is 0 Å². The quantitative estimate of drug-likeness (QED) is 0.575. The second kappa shape index (κ2) is 7.21. The Morgan fingerprint density at radius 3 is 2.62 bits per heavy atom. The van der Waals surface area contributed by atoms with E-state index in [1.165, 1.54) is 0 Å². The average Bonchev–Trinajstić information content (AvgIpc) is 3.40. The summed E-state index contributed by atoms with van der Waals surface area (Å²) in [4.78, 5) is 18.0. The van der Waals surface area contributed by atoms with Crippen LogP contribution in [-0.2, 0) is 6.54 Å². The Morgan fingerprint density at radius 1 is 1.23 bits per heavy atom. The summed E-state index contributed by atoms with van der Waals surface area (Å²) >= 11 is 8.75. The van der Waals surface area contributed by atoms with E-state index in [1.54, 1.807) is 6.20 Å². The first kappa shape index (κ1) is 17.2. The lowest BCUT2D eigenvalue weighted by molar-refractivity contribution is 0.0730. The predicted molar refractivity (Wildman–Crippen MR) is 108 cm³/mol. The van der Waals surface area contributed by atoms with Gasteiger partial charge in [-0.1, -0.05) is 28.1 Å². The summed E-state index contributed by atoms with van der Waals surface area (Å²) in [5.74, 6) is 0.0803. The number of aromatic amines is 1.